The van der Waals surface area contributed by atoms with E-state index in [2.05, 4.69) is 10.4 Å². The smallest absolute Gasteiger partial charge is 0.152 e. The quantitative estimate of drug-likeness (QED) is 0.787. The summed E-state index contributed by atoms with van der Waals surface area (Å²) in [6, 6.07) is 7.54. The van der Waals surface area contributed by atoms with E-state index in [1.165, 1.54) is 11.3 Å². The SMILES string of the molecule is O=Cc1ccccc1-n1ncc2c1CCNC2. The van der Waals surface area contributed by atoms with Crippen LogP contribution in [-0.2, 0) is 13.0 Å². The van der Waals surface area contributed by atoms with Crippen molar-refractivity contribution < 1.29 is 4.79 Å². The van der Waals surface area contributed by atoms with Crippen LogP contribution >= 0.6 is 0 Å². The van der Waals surface area contributed by atoms with Crippen molar-refractivity contribution in [3.05, 3.63) is 47.3 Å². The lowest BCUT2D eigenvalue weighted by atomic mass is 10.1. The Kier molecular flexibility index (Phi) is 2.49. The fraction of sp³-hybridized carbons (Fsp3) is 0.231. The van der Waals surface area contributed by atoms with Gasteiger partial charge in [0.15, 0.2) is 6.29 Å². The Hall–Kier alpha value is -1.94. The maximum Gasteiger partial charge on any atom is 0.152 e. The standard InChI is InChI=1S/C13H13N3O/c17-9-10-3-1-2-4-12(10)16-13-5-6-14-7-11(13)8-15-16/h1-4,8-9,14H,5-7H2. The highest BCUT2D eigenvalue weighted by atomic mass is 16.1. The van der Waals surface area contributed by atoms with E-state index in [9.17, 15) is 4.79 Å². The Balaban J connectivity index is 2.15. The number of para-hydroxylation sites is 1. The molecule has 0 amide bonds. The summed E-state index contributed by atoms with van der Waals surface area (Å²) in [7, 11) is 0. The molecule has 0 unspecified atom stereocenters. The van der Waals surface area contributed by atoms with E-state index < -0.39 is 0 Å². The molecular formula is C13H13N3O. The summed E-state index contributed by atoms with van der Waals surface area (Å²) in [5, 5.41) is 7.71. The molecule has 2 aromatic rings. The third-order valence-corrected chi connectivity index (χ3v) is 3.10. The Morgan fingerprint density at radius 3 is 3.12 bits per heavy atom. The highest BCUT2D eigenvalue weighted by Crippen LogP contribution is 2.19. The van der Waals surface area contributed by atoms with E-state index in [-0.39, 0.29) is 0 Å². The molecule has 1 N–H and O–H groups in total. The predicted molar refractivity (Wildman–Crippen MR) is 64.4 cm³/mol. The van der Waals surface area contributed by atoms with E-state index in [4.69, 9.17) is 0 Å². The van der Waals surface area contributed by atoms with Crippen LogP contribution in [0.2, 0.25) is 0 Å². The van der Waals surface area contributed by atoms with Gasteiger partial charge < -0.3 is 5.32 Å². The second-order valence-electron chi connectivity index (χ2n) is 4.13. The van der Waals surface area contributed by atoms with Crippen LogP contribution < -0.4 is 5.32 Å². The largest absolute Gasteiger partial charge is 0.312 e. The lowest BCUT2D eigenvalue weighted by Crippen LogP contribution is -2.24. The van der Waals surface area contributed by atoms with Crippen LogP contribution in [0.15, 0.2) is 30.5 Å². The first-order valence-electron chi connectivity index (χ1n) is 5.71. The number of hydrogen-bond donors (Lipinski definition) is 1. The zero-order valence-corrected chi connectivity index (χ0v) is 9.39. The summed E-state index contributed by atoms with van der Waals surface area (Å²) in [5.74, 6) is 0. The van der Waals surface area contributed by atoms with Gasteiger partial charge in [0, 0.05) is 30.6 Å². The summed E-state index contributed by atoms with van der Waals surface area (Å²) in [6.07, 6.45) is 3.70. The van der Waals surface area contributed by atoms with Crippen molar-refractivity contribution in [3.63, 3.8) is 0 Å². The molecular weight excluding hydrogens is 214 g/mol. The molecule has 4 heteroatoms. The van der Waals surface area contributed by atoms with E-state index in [0.717, 1.165) is 31.5 Å². The van der Waals surface area contributed by atoms with Gasteiger partial charge >= 0.3 is 0 Å². The number of carbonyl (C=O) groups is 1. The molecule has 0 aliphatic carbocycles. The van der Waals surface area contributed by atoms with Crippen LogP contribution in [-0.4, -0.2) is 22.6 Å². The molecule has 0 saturated carbocycles. The Labute approximate surface area is 99.3 Å². The van der Waals surface area contributed by atoms with Crippen molar-refractivity contribution in [1.82, 2.24) is 15.1 Å². The average Bonchev–Trinajstić information content (AvgIpc) is 2.82. The zero-order chi connectivity index (χ0) is 11.7. The van der Waals surface area contributed by atoms with Gasteiger partial charge in [-0.05, 0) is 12.1 Å². The number of carbonyl (C=O) groups excluding carboxylic acids is 1. The second kappa shape index (κ2) is 4.14. The minimum absolute atomic E-state index is 0.678. The van der Waals surface area contributed by atoms with Crippen molar-refractivity contribution in [3.8, 4) is 5.69 Å². The van der Waals surface area contributed by atoms with Gasteiger partial charge in [-0.2, -0.15) is 5.10 Å². The summed E-state index contributed by atoms with van der Waals surface area (Å²) in [4.78, 5) is 11.0. The van der Waals surface area contributed by atoms with Gasteiger partial charge in [-0.1, -0.05) is 12.1 Å². The molecule has 1 aromatic heterocycles. The molecule has 1 aromatic carbocycles. The van der Waals surface area contributed by atoms with Gasteiger partial charge in [0.05, 0.1) is 17.6 Å². The van der Waals surface area contributed by atoms with E-state index in [1.807, 2.05) is 35.1 Å². The van der Waals surface area contributed by atoms with Gasteiger partial charge in [-0.15, -0.1) is 0 Å². The van der Waals surface area contributed by atoms with E-state index in [1.54, 1.807) is 0 Å². The summed E-state index contributed by atoms with van der Waals surface area (Å²) >= 11 is 0. The number of rotatable bonds is 2. The maximum absolute atomic E-state index is 11.0. The van der Waals surface area contributed by atoms with Crippen molar-refractivity contribution in [2.45, 2.75) is 13.0 Å². The van der Waals surface area contributed by atoms with E-state index in [0.29, 0.717) is 5.56 Å². The number of aromatic nitrogens is 2. The molecule has 1 aliphatic heterocycles. The third kappa shape index (κ3) is 1.66. The summed E-state index contributed by atoms with van der Waals surface area (Å²) in [5.41, 5.74) is 3.97. The van der Waals surface area contributed by atoms with Gasteiger partial charge in [0.1, 0.15) is 0 Å². The Morgan fingerprint density at radius 2 is 2.24 bits per heavy atom. The monoisotopic (exact) mass is 227 g/mol. The minimum atomic E-state index is 0.678. The molecule has 0 saturated heterocycles. The number of aldehydes is 1. The van der Waals surface area contributed by atoms with Gasteiger partial charge in [-0.25, -0.2) is 4.68 Å². The first-order chi connectivity index (χ1) is 8.40. The number of benzene rings is 1. The third-order valence-electron chi connectivity index (χ3n) is 3.10. The molecule has 2 heterocycles. The van der Waals surface area contributed by atoms with Gasteiger partial charge in [0.25, 0.3) is 0 Å². The number of nitrogens with one attached hydrogen (secondary N) is 1. The zero-order valence-electron chi connectivity index (χ0n) is 9.39. The topological polar surface area (TPSA) is 46.9 Å². The first kappa shape index (κ1) is 10.2. The second-order valence-corrected chi connectivity index (χ2v) is 4.13. The molecule has 0 bridgehead atoms. The van der Waals surface area contributed by atoms with Crippen LogP contribution in [0, 0.1) is 0 Å². The van der Waals surface area contributed by atoms with Crippen LogP contribution in [0.4, 0.5) is 0 Å². The molecule has 0 radical (unpaired) electrons. The van der Waals surface area contributed by atoms with Crippen LogP contribution in [0.3, 0.4) is 0 Å². The van der Waals surface area contributed by atoms with Crippen LogP contribution in [0.25, 0.3) is 5.69 Å². The molecule has 4 nitrogen and oxygen atoms in total. The Morgan fingerprint density at radius 1 is 1.35 bits per heavy atom. The number of nitrogens with zero attached hydrogens (tertiary/aromatic N) is 2. The Bertz CT molecular complexity index is 560. The molecule has 86 valence electrons. The van der Waals surface area contributed by atoms with Crippen LogP contribution in [0.5, 0.6) is 0 Å². The highest BCUT2D eigenvalue weighted by molar-refractivity contribution is 5.80. The average molecular weight is 227 g/mol. The number of hydrogen-bond acceptors (Lipinski definition) is 3. The highest BCUT2D eigenvalue weighted by Gasteiger charge is 2.16. The fourth-order valence-electron chi connectivity index (χ4n) is 2.24. The molecule has 0 atom stereocenters. The summed E-state index contributed by atoms with van der Waals surface area (Å²) < 4.78 is 1.89. The first-order valence-corrected chi connectivity index (χ1v) is 5.71. The van der Waals surface area contributed by atoms with Crippen molar-refractivity contribution in [1.29, 1.82) is 0 Å². The van der Waals surface area contributed by atoms with Crippen LogP contribution in [0.1, 0.15) is 21.6 Å². The maximum atomic E-state index is 11.0. The summed E-state index contributed by atoms with van der Waals surface area (Å²) in [6.45, 7) is 1.82. The van der Waals surface area contributed by atoms with Crippen molar-refractivity contribution in [2.75, 3.05) is 6.54 Å². The molecule has 0 fully saturated rings. The number of fused-ring (bicyclic) bond motifs is 1. The molecule has 0 spiro atoms. The van der Waals surface area contributed by atoms with Gasteiger partial charge in [0.2, 0.25) is 0 Å². The molecule has 1 aliphatic rings. The van der Waals surface area contributed by atoms with E-state index >= 15 is 0 Å². The van der Waals surface area contributed by atoms with Crippen molar-refractivity contribution >= 4 is 6.29 Å². The lowest BCUT2D eigenvalue weighted by molar-refractivity contribution is 0.112. The predicted octanol–water partition coefficient (Wildman–Crippen LogP) is 1.33. The normalized spacial score (nSPS) is 14.4. The molecule has 17 heavy (non-hydrogen) atoms. The fourth-order valence-corrected chi connectivity index (χ4v) is 2.24. The van der Waals surface area contributed by atoms with Gasteiger partial charge in [-0.3, -0.25) is 4.79 Å². The molecule has 3 rings (SSSR count). The lowest BCUT2D eigenvalue weighted by Gasteiger charge is -2.15. The minimum Gasteiger partial charge on any atom is -0.312 e. The van der Waals surface area contributed by atoms with Crippen molar-refractivity contribution in [2.24, 2.45) is 0 Å².